The van der Waals surface area contributed by atoms with Crippen LogP contribution in [0.25, 0.3) is 0 Å². The minimum atomic E-state index is -5.71. The molecular weight excluding hydrogens is 297 g/mol. The fraction of sp³-hybridized carbons (Fsp3) is 0.250. The van der Waals surface area contributed by atoms with E-state index in [1.54, 1.807) is 0 Å². The van der Waals surface area contributed by atoms with E-state index in [1.165, 1.54) is 6.07 Å². The van der Waals surface area contributed by atoms with Gasteiger partial charge in [-0.3, -0.25) is 0 Å². The highest BCUT2D eigenvalue weighted by Gasteiger charge is 2.48. The number of hydrogen-bond acceptors (Lipinski definition) is 5. The maximum Gasteiger partial charge on any atom is 0.534 e. The summed E-state index contributed by atoms with van der Waals surface area (Å²) in [5.74, 6) is -0.627. The molecule has 1 atom stereocenters. The molecule has 0 amide bonds. The van der Waals surface area contributed by atoms with Crippen LogP contribution < -0.4 is 8.92 Å². The normalized spacial score (nSPS) is 19.2. The number of halogens is 3. The highest BCUT2D eigenvalue weighted by molar-refractivity contribution is 7.91. The largest absolute Gasteiger partial charge is 0.609 e. The molecule has 2 rings (SSSR count). The zero-order valence-electron chi connectivity index (χ0n) is 8.43. The minimum absolute atomic E-state index is 0.0446. The Bertz CT molecular complexity index is 569. The molecule has 0 bridgehead atoms. The first kappa shape index (κ1) is 13.3. The van der Waals surface area contributed by atoms with Gasteiger partial charge in [0.1, 0.15) is 5.75 Å². The van der Waals surface area contributed by atoms with Crippen molar-refractivity contribution in [2.24, 2.45) is 0 Å². The van der Waals surface area contributed by atoms with Crippen LogP contribution in [-0.2, 0) is 21.3 Å². The average molecular weight is 302 g/mol. The Morgan fingerprint density at radius 1 is 1.39 bits per heavy atom. The predicted octanol–water partition coefficient (Wildman–Crippen LogP) is 1.37. The van der Waals surface area contributed by atoms with Gasteiger partial charge in [-0.1, -0.05) is 0 Å². The first-order chi connectivity index (χ1) is 8.21. The average Bonchev–Trinajstić information content (AvgIpc) is 2.58. The molecule has 1 aromatic rings. The Labute approximate surface area is 103 Å². The molecule has 0 saturated carbocycles. The Morgan fingerprint density at radius 3 is 2.67 bits per heavy atom. The van der Waals surface area contributed by atoms with Crippen molar-refractivity contribution in [3.05, 3.63) is 18.2 Å². The van der Waals surface area contributed by atoms with Crippen molar-refractivity contribution in [3.63, 3.8) is 0 Å². The second kappa shape index (κ2) is 4.21. The standard InChI is InChI=1S/C8H5F3O5S2/c9-8(10,11)18(13,14)16-5-1-2-7-6(3-5)15-4-17(7)12/h1-3H,4H2/t17-/m1/s1. The maximum absolute atomic E-state index is 12.1. The van der Waals surface area contributed by atoms with E-state index in [9.17, 15) is 26.1 Å². The first-order valence-electron chi connectivity index (χ1n) is 4.37. The lowest BCUT2D eigenvalue weighted by atomic mass is 10.3. The van der Waals surface area contributed by atoms with Crippen LogP contribution in [0, 0.1) is 0 Å². The summed E-state index contributed by atoms with van der Waals surface area (Å²) < 4.78 is 77.7. The van der Waals surface area contributed by atoms with Crippen LogP contribution in [0.1, 0.15) is 0 Å². The molecule has 0 saturated heterocycles. The summed E-state index contributed by atoms with van der Waals surface area (Å²) in [4.78, 5) is 0.284. The van der Waals surface area contributed by atoms with Crippen molar-refractivity contribution in [2.75, 3.05) is 5.94 Å². The summed E-state index contributed by atoms with van der Waals surface area (Å²) in [6.07, 6.45) is 0. The number of fused-ring (bicyclic) bond motifs is 1. The van der Waals surface area contributed by atoms with E-state index in [0.717, 1.165) is 12.1 Å². The Morgan fingerprint density at radius 2 is 2.06 bits per heavy atom. The van der Waals surface area contributed by atoms with Gasteiger partial charge in [0.2, 0.25) is 0 Å². The van der Waals surface area contributed by atoms with E-state index in [1.807, 2.05) is 0 Å². The fourth-order valence-corrected chi connectivity index (χ4v) is 2.57. The number of hydrogen-bond donors (Lipinski definition) is 0. The van der Waals surface area contributed by atoms with Crippen LogP contribution in [0.15, 0.2) is 23.1 Å². The van der Waals surface area contributed by atoms with Gasteiger partial charge in [-0.05, 0) is 6.07 Å². The Balaban J connectivity index is 2.28. The van der Waals surface area contributed by atoms with Gasteiger partial charge in [-0.15, -0.1) is 0 Å². The lowest BCUT2D eigenvalue weighted by Gasteiger charge is -2.09. The second-order valence-electron chi connectivity index (χ2n) is 3.20. The molecule has 0 aromatic heterocycles. The van der Waals surface area contributed by atoms with Gasteiger partial charge in [0.25, 0.3) is 5.94 Å². The number of ether oxygens (including phenoxy) is 1. The smallest absolute Gasteiger partial charge is 0.534 e. The van der Waals surface area contributed by atoms with Crippen LogP contribution in [0.5, 0.6) is 11.5 Å². The van der Waals surface area contributed by atoms with Gasteiger partial charge in [0.05, 0.1) is 0 Å². The van der Waals surface area contributed by atoms with Gasteiger partial charge in [-0.2, -0.15) is 21.6 Å². The quantitative estimate of drug-likeness (QED) is 0.468. The summed E-state index contributed by atoms with van der Waals surface area (Å²) in [6.45, 7) is 0. The molecule has 0 fully saturated rings. The monoisotopic (exact) mass is 302 g/mol. The lowest BCUT2D eigenvalue weighted by molar-refractivity contribution is -0.0500. The highest BCUT2D eigenvalue weighted by Crippen LogP contribution is 2.36. The zero-order valence-corrected chi connectivity index (χ0v) is 10.1. The maximum atomic E-state index is 12.1. The van der Waals surface area contributed by atoms with E-state index < -0.39 is 32.6 Å². The molecule has 5 nitrogen and oxygen atoms in total. The first-order valence-corrected chi connectivity index (χ1v) is 7.09. The van der Waals surface area contributed by atoms with Crippen LogP contribution in [-0.4, -0.2) is 24.4 Å². The van der Waals surface area contributed by atoms with Crippen LogP contribution in [0.3, 0.4) is 0 Å². The molecule has 100 valence electrons. The topological polar surface area (TPSA) is 75.7 Å². The zero-order chi connectivity index (χ0) is 13.6. The van der Waals surface area contributed by atoms with Crippen molar-refractivity contribution in [1.29, 1.82) is 0 Å². The van der Waals surface area contributed by atoms with E-state index >= 15 is 0 Å². The molecule has 0 aliphatic carbocycles. The molecule has 18 heavy (non-hydrogen) atoms. The predicted molar refractivity (Wildman–Crippen MR) is 53.9 cm³/mol. The third-order valence-corrected chi connectivity index (χ3v) is 4.11. The van der Waals surface area contributed by atoms with Crippen molar-refractivity contribution >= 4 is 21.3 Å². The Kier molecular flexibility index (Phi) is 3.11. The minimum Gasteiger partial charge on any atom is -0.609 e. The number of rotatable bonds is 2. The van der Waals surface area contributed by atoms with E-state index in [-0.39, 0.29) is 16.6 Å². The second-order valence-corrected chi connectivity index (χ2v) is 6.10. The third-order valence-electron chi connectivity index (χ3n) is 1.97. The van der Waals surface area contributed by atoms with Crippen LogP contribution in [0.4, 0.5) is 13.2 Å². The van der Waals surface area contributed by atoms with Gasteiger partial charge in [0.15, 0.2) is 10.6 Å². The van der Waals surface area contributed by atoms with Crippen molar-refractivity contribution in [1.82, 2.24) is 0 Å². The molecule has 1 aliphatic rings. The summed E-state index contributed by atoms with van der Waals surface area (Å²) in [5, 5.41) is 0. The summed E-state index contributed by atoms with van der Waals surface area (Å²) >= 11 is -1.40. The molecule has 0 N–H and O–H groups in total. The highest BCUT2D eigenvalue weighted by atomic mass is 32.2. The molecule has 10 heteroatoms. The van der Waals surface area contributed by atoms with Crippen molar-refractivity contribution < 1.29 is 35.1 Å². The molecule has 0 unspecified atom stereocenters. The van der Waals surface area contributed by atoms with E-state index in [2.05, 4.69) is 4.18 Å². The number of alkyl halides is 3. The lowest BCUT2D eigenvalue weighted by Crippen LogP contribution is -2.28. The van der Waals surface area contributed by atoms with E-state index in [0.29, 0.717) is 0 Å². The fourth-order valence-electron chi connectivity index (χ4n) is 1.20. The molecule has 1 heterocycles. The summed E-state index contributed by atoms with van der Waals surface area (Å²) in [7, 11) is -5.71. The Hall–Kier alpha value is -1.13. The molecular formula is C8H5F3O5S2. The van der Waals surface area contributed by atoms with Crippen molar-refractivity contribution in [3.8, 4) is 11.5 Å². The SMILES string of the molecule is O=S(=O)(Oc1ccc2c(c1)OC[S@@+]2[O-])C(F)(F)F. The van der Waals surface area contributed by atoms with Gasteiger partial charge in [-0.25, -0.2) is 0 Å². The third kappa shape index (κ3) is 2.35. The van der Waals surface area contributed by atoms with Crippen molar-refractivity contribution in [2.45, 2.75) is 10.4 Å². The van der Waals surface area contributed by atoms with Crippen LogP contribution >= 0.6 is 0 Å². The number of benzene rings is 1. The van der Waals surface area contributed by atoms with Gasteiger partial charge < -0.3 is 13.5 Å². The molecule has 0 spiro atoms. The molecule has 1 aliphatic heterocycles. The van der Waals surface area contributed by atoms with Gasteiger partial charge in [0, 0.05) is 23.3 Å². The summed E-state index contributed by atoms with van der Waals surface area (Å²) in [6, 6.07) is 3.12. The van der Waals surface area contributed by atoms with E-state index in [4.69, 9.17) is 4.74 Å². The van der Waals surface area contributed by atoms with Gasteiger partial charge >= 0.3 is 15.6 Å². The molecule has 1 aromatic carbocycles. The molecule has 0 radical (unpaired) electrons. The summed E-state index contributed by atoms with van der Waals surface area (Å²) in [5.41, 5.74) is -5.50. The van der Waals surface area contributed by atoms with Crippen LogP contribution in [0.2, 0.25) is 0 Å².